The highest BCUT2D eigenvalue weighted by atomic mass is 16.5. The van der Waals surface area contributed by atoms with Gasteiger partial charge in [0.05, 0.1) is 5.39 Å². The highest BCUT2D eigenvalue weighted by Crippen LogP contribution is 2.21. The van der Waals surface area contributed by atoms with Crippen molar-refractivity contribution in [1.82, 2.24) is 4.98 Å². The number of para-hydroxylation sites is 2. The first-order chi connectivity index (χ1) is 11.1. The largest absolute Gasteiger partial charge is 0.438 e. The predicted octanol–water partition coefficient (Wildman–Crippen LogP) is 3.28. The second-order valence-electron chi connectivity index (χ2n) is 4.82. The third kappa shape index (κ3) is 3.35. The van der Waals surface area contributed by atoms with Crippen LogP contribution < -0.4 is 10.3 Å². The van der Waals surface area contributed by atoms with Crippen molar-refractivity contribution in [3.8, 4) is 5.75 Å². The highest BCUT2D eigenvalue weighted by molar-refractivity contribution is 5.77. The van der Waals surface area contributed by atoms with E-state index in [1.54, 1.807) is 54.6 Å². The standard InChI is InChI=1S/C18H13NO4/c1-12(20)22-15-8-4-2-6-13(15)10-11-17-19-18(21)14-7-3-5-9-16(14)23-17/h2-11H,1H3/b11-10-. The fraction of sp³-hybridized carbons (Fsp3) is 0.0556. The van der Waals surface area contributed by atoms with Gasteiger partial charge in [-0.2, -0.15) is 4.98 Å². The summed E-state index contributed by atoms with van der Waals surface area (Å²) in [6.07, 6.45) is 3.24. The van der Waals surface area contributed by atoms with Crippen LogP contribution in [0.25, 0.3) is 23.1 Å². The zero-order valence-corrected chi connectivity index (χ0v) is 12.4. The molecule has 0 saturated carbocycles. The van der Waals surface area contributed by atoms with Crippen LogP contribution in [-0.4, -0.2) is 11.0 Å². The molecule has 0 unspecified atom stereocenters. The number of hydrogen-bond donors (Lipinski definition) is 0. The molecule has 5 heteroatoms. The molecular formula is C18H13NO4. The lowest BCUT2D eigenvalue weighted by molar-refractivity contribution is -0.131. The van der Waals surface area contributed by atoms with Crippen LogP contribution in [0.3, 0.4) is 0 Å². The zero-order chi connectivity index (χ0) is 16.2. The van der Waals surface area contributed by atoms with Gasteiger partial charge in [0.15, 0.2) is 0 Å². The minimum absolute atomic E-state index is 0.186. The molecule has 0 saturated heterocycles. The third-order valence-corrected chi connectivity index (χ3v) is 3.12. The normalized spacial score (nSPS) is 11.0. The molecule has 0 aliphatic carbocycles. The minimum atomic E-state index is -0.402. The van der Waals surface area contributed by atoms with E-state index in [-0.39, 0.29) is 11.4 Å². The van der Waals surface area contributed by atoms with Gasteiger partial charge in [0.2, 0.25) is 5.89 Å². The van der Waals surface area contributed by atoms with E-state index >= 15 is 0 Å². The second kappa shape index (κ2) is 6.27. The number of rotatable bonds is 3. The lowest BCUT2D eigenvalue weighted by Gasteiger charge is -2.04. The lowest BCUT2D eigenvalue weighted by atomic mass is 10.2. The first-order valence-electron chi connectivity index (χ1n) is 6.99. The molecule has 0 N–H and O–H groups in total. The van der Waals surface area contributed by atoms with Crippen molar-refractivity contribution in [1.29, 1.82) is 0 Å². The van der Waals surface area contributed by atoms with Gasteiger partial charge >= 0.3 is 5.97 Å². The van der Waals surface area contributed by atoms with Gasteiger partial charge in [0, 0.05) is 18.6 Å². The summed E-state index contributed by atoms with van der Waals surface area (Å²) < 4.78 is 10.7. The minimum Gasteiger partial charge on any atom is -0.438 e. The number of hydrogen-bond acceptors (Lipinski definition) is 5. The molecule has 3 rings (SSSR count). The summed E-state index contributed by atoms with van der Waals surface area (Å²) in [4.78, 5) is 27.0. The van der Waals surface area contributed by atoms with E-state index in [1.165, 1.54) is 6.92 Å². The SMILES string of the molecule is CC(=O)Oc1ccccc1/C=C\c1nc(=O)c2ccccc2o1. The number of ether oxygens (including phenoxy) is 1. The van der Waals surface area contributed by atoms with E-state index in [9.17, 15) is 9.59 Å². The lowest BCUT2D eigenvalue weighted by Crippen LogP contribution is -2.06. The van der Waals surface area contributed by atoms with Crippen LogP contribution in [0.5, 0.6) is 5.75 Å². The molecule has 0 radical (unpaired) electrons. The first-order valence-corrected chi connectivity index (χ1v) is 6.99. The monoisotopic (exact) mass is 307 g/mol. The Bertz CT molecular complexity index is 956. The van der Waals surface area contributed by atoms with Crippen LogP contribution in [0.2, 0.25) is 0 Å². The molecule has 1 aromatic heterocycles. The van der Waals surface area contributed by atoms with Crippen molar-refractivity contribution in [2.24, 2.45) is 0 Å². The van der Waals surface area contributed by atoms with Crippen molar-refractivity contribution in [3.05, 3.63) is 70.3 Å². The van der Waals surface area contributed by atoms with E-state index < -0.39 is 5.97 Å². The number of nitrogens with zero attached hydrogens (tertiary/aromatic N) is 1. The number of aromatic nitrogens is 1. The summed E-state index contributed by atoms with van der Waals surface area (Å²) in [5.74, 6) is 0.215. The average molecular weight is 307 g/mol. The predicted molar refractivity (Wildman–Crippen MR) is 87.0 cm³/mol. The Morgan fingerprint density at radius 3 is 2.65 bits per heavy atom. The maximum atomic E-state index is 11.9. The Balaban J connectivity index is 1.98. The Kier molecular flexibility index (Phi) is 4.01. The zero-order valence-electron chi connectivity index (χ0n) is 12.4. The van der Waals surface area contributed by atoms with Crippen molar-refractivity contribution >= 4 is 29.1 Å². The van der Waals surface area contributed by atoms with Gasteiger partial charge in [-0.1, -0.05) is 30.3 Å². The van der Waals surface area contributed by atoms with Crippen LogP contribution in [0.1, 0.15) is 18.4 Å². The Labute approximate surface area is 131 Å². The molecule has 114 valence electrons. The van der Waals surface area contributed by atoms with E-state index in [1.807, 2.05) is 6.07 Å². The summed E-state index contributed by atoms with van der Waals surface area (Å²) in [5, 5.41) is 0.435. The van der Waals surface area contributed by atoms with E-state index in [2.05, 4.69) is 4.98 Å². The molecule has 0 spiro atoms. The first kappa shape index (κ1) is 14.7. The Morgan fingerprint density at radius 1 is 1.09 bits per heavy atom. The Morgan fingerprint density at radius 2 is 1.83 bits per heavy atom. The summed E-state index contributed by atoms with van der Waals surface area (Å²) in [5.41, 5.74) is 0.806. The molecule has 0 aliphatic rings. The number of carbonyl (C=O) groups excluding carboxylic acids is 1. The van der Waals surface area contributed by atoms with Crippen LogP contribution in [0.4, 0.5) is 0 Å². The van der Waals surface area contributed by atoms with E-state index in [0.717, 1.165) is 0 Å². The number of fused-ring (bicyclic) bond motifs is 1. The van der Waals surface area contributed by atoms with Gasteiger partial charge < -0.3 is 9.15 Å². The van der Waals surface area contributed by atoms with Gasteiger partial charge in [-0.3, -0.25) is 9.59 Å². The summed E-state index contributed by atoms with van der Waals surface area (Å²) in [6.45, 7) is 1.34. The molecular weight excluding hydrogens is 294 g/mol. The molecule has 0 atom stereocenters. The van der Waals surface area contributed by atoms with Crippen molar-refractivity contribution in [2.45, 2.75) is 6.92 Å². The Hall–Kier alpha value is -3.21. The van der Waals surface area contributed by atoms with E-state index in [0.29, 0.717) is 22.3 Å². The maximum Gasteiger partial charge on any atom is 0.308 e. The fourth-order valence-corrected chi connectivity index (χ4v) is 2.13. The molecule has 3 aromatic rings. The molecule has 5 nitrogen and oxygen atoms in total. The average Bonchev–Trinajstić information content (AvgIpc) is 2.54. The maximum absolute atomic E-state index is 11.9. The topological polar surface area (TPSA) is 69.4 Å². The smallest absolute Gasteiger partial charge is 0.308 e. The summed E-state index contributed by atoms with van der Waals surface area (Å²) >= 11 is 0. The van der Waals surface area contributed by atoms with Gasteiger partial charge in [-0.05, 0) is 24.3 Å². The van der Waals surface area contributed by atoms with Gasteiger partial charge in [0.1, 0.15) is 11.3 Å². The van der Waals surface area contributed by atoms with Crippen LogP contribution in [0, 0.1) is 0 Å². The summed E-state index contributed by atoms with van der Waals surface area (Å²) in [7, 11) is 0. The molecule has 1 heterocycles. The van der Waals surface area contributed by atoms with Crippen LogP contribution >= 0.6 is 0 Å². The highest BCUT2D eigenvalue weighted by Gasteiger charge is 2.05. The van der Waals surface area contributed by atoms with E-state index in [4.69, 9.17) is 9.15 Å². The molecule has 2 aromatic carbocycles. The molecule has 0 amide bonds. The van der Waals surface area contributed by atoms with Gasteiger partial charge in [-0.15, -0.1) is 0 Å². The molecule has 0 fully saturated rings. The quantitative estimate of drug-likeness (QED) is 0.548. The van der Waals surface area contributed by atoms with Crippen molar-refractivity contribution < 1.29 is 13.9 Å². The third-order valence-electron chi connectivity index (χ3n) is 3.12. The van der Waals surface area contributed by atoms with Crippen molar-refractivity contribution in [3.63, 3.8) is 0 Å². The summed E-state index contributed by atoms with van der Waals surface area (Å²) in [6, 6.07) is 14.0. The van der Waals surface area contributed by atoms with Crippen molar-refractivity contribution in [2.75, 3.05) is 0 Å². The van der Waals surface area contributed by atoms with Gasteiger partial charge in [0.25, 0.3) is 5.56 Å². The van der Waals surface area contributed by atoms with Crippen LogP contribution in [-0.2, 0) is 4.79 Å². The van der Waals surface area contributed by atoms with Gasteiger partial charge in [-0.25, -0.2) is 0 Å². The second-order valence-corrected chi connectivity index (χ2v) is 4.82. The number of benzene rings is 2. The molecule has 23 heavy (non-hydrogen) atoms. The number of esters is 1. The molecule has 0 aliphatic heterocycles. The fourth-order valence-electron chi connectivity index (χ4n) is 2.13. The number of carbonyl (C=O) groups is 1. The van der Waals surface area contributed by atoms with Crippen LogP contribution in [0.15, 0.2) is 57.7 Å². The molecule has 0 bridgehead atoms.